The van der Waals surface area contributed by atoms with E-state index in [1.54, 1.807) is 0 Å². The van der Waals surface area contributed by atoms with E-state index in [0.29, 0.717) is 52.4 Å². The molecule has 0 saturated heterocycles. The number of hydrogen-bond donors (Lipinski definition) is 0. The van der Waals surface area contributed by atoms with Crippen LogP contribution in [-0.4, -0.2) is 18.7 Å². The van der Waals surface area contributed by atoms with Gasteiger partial charge < -0.3 is 0 Å². The summed E-state index contributed by atoms with van der Waals surface area (Å²) < 4.78 is 11.4. The van der Waals surface area contributed by atoms with Crippen LogP contribution in [0, 0.1) is 0 Å². The quantitative estimate of drug-likeness (QED) is 0.0707. The van der Waals surface area contributed by atoms with Crippen LogP contribution in [-0.2, 0) is 52.4 Å². The van der Waals surface area contributed by atoms with Gasteiger partial charge in [0.1, 0.15) is 0 Å². The van der Waals surface area contributed by atoms with Gasteiger partial charge in [0, 0.05) is 0 Å². The first-order chi connectivity index (χ1) is 30.5. The molecule has 0 aliphatic carbocycles. The van der Waals surface area contributed by atoms with Crippen LogP contribution in [0.1, 0.15) is 44.5 Å². The molecule has 0 aliphatic heterocycles. The zero-order chi connectivity index (χ0) is 42.3. The average molecular weight is 896 g/mol. The molecule has 0 aromatic heterocycles. The van der Waals surface area contributed by atoms with Gasteiger partial charge in [0.15, 0.2) is 0 Å². The summed E-state index contributed by atoms with van der Waals surface area (Å²) in [5.41, 5.74) is 10.1. The molecular weight excluding hydrogens is 840 g/mol. The van der Waals surface area contributed by atoms with E-state index in [9.17, 15) is 0 Å². The Bertz CT molecular complexity index is 1970. The Morgan fingerprint density at radius 3 is 0.435 bits per heavy atom. The van der Waals surface area contributed by atoms with Crippen molar-refractivity contribution < 1.29 is 0 Å². The second-order valence-corrected chi connectivity index (χ2v) is 23.8. The molecule has 0 amide bonds. The van der Waals surface area contributed by atoms with Crippen molar-refractivity contribution in [1.29, 1.82) is 0 Å². The molecule has 4 nitrogen and oxygen atoms in total. The fourth-order valence-electron chi connectivity index (χ4n) is 8.62. The van der Waals surface area contributed by atoms with Crippen molar-refractivity contribution in [2.45, 2.75) is 52.4 Å². The summed E-state index contributed by atoms with van der Waals surface area (Å²) in [7, 11) is 0. The van der Waals surface area contributed by atoms with Crippen LogP contribution in [0.5, 0.6) is 0 Å². The fraction of sp³-hybridized carbons (Fsp3) is 0.143. The number of hydrogen-bond acceptors (Lipinski definition) is 4. The first-order valence-electron chi connectivity index (χ1n) is 21.6. The van der Waals surface area contributed by atoms with Gasteiger partial charge in [-0.25, -0.2) is 0 Å². The van der Waals surface area contributed by atoms with Gasteiger partial charge in [0.05, 0.1) is 0 Å². The van der Waals surface area contributed by atoms with Crippen LogP contribution in [0.15, 0.2) is 243 Å². The Morgan fingerprint density at radius 2 is 0.323 bits per heavy atom. The van der Waals surface area contributed by atoms with Gasteiger partial charge in [-0.3, -0.25) is 0 Å². The van der Waals surface area contributed by atoms with E-state index >= 15 is 0 Å². The standard InChI is InChI=1S/C56H56BrN4P/c57-62(58(41-49-25-9-1-10-26-49)42-50-27-11-2-12-28-50,59(43-51-29-13-3-14-30-51)44-52-31-15-4-16-32-52,60(45-53-33-17-5-18-34-53)46-54-35-19-6-20-36-54)61(47-55-37-21-7-22-38-55)48-56-39-23-8-24-40-56/h1-40H,41-48H2. The number of halogens is 1. The Morgan fingerprint density at radius 1 is 0.210 bits per heavy atom. The molecular formula is C56H56BrN4P. The van der Waals surface area contributed by atoms with Gasteiger partial charge in [0.25, 0.3) is 0 Å². The van der Waals surface area contributed by atoms with Crippen molar-refractivity contribution in [2.75, 3.05) is 0 Å². The van der Waals surface area contributed by atoms with Crippen molar-refractivity contribution >= 4 is 21.4 Å². The number of benzene rings is 8. The molecule has 0 aliphatic rings. The minimum atomic E-state index is -4.20. The third-order valence-corrected chi connectivity index (χ3v) is 22.0. The van der Waals surface area contributed by atoms with Crippen molar-refractivity contribution in [1.82, 2.24) is 18.7 Å². The van der Waals surface area contributed by atoms with E-state index in [0.717, 1.165) is 0 Å². The Kier molecular flexibility index (Phi) is 14.7. The Labute approximate surface area is 377 Å². The third-order valence-electron chi connectivity index (χ3n) is 11.6. The van der Waals surface area contributed by atoms with Crippen molar-refractivity contribution in [3.05, 3.63) is 287 Å². The van der Waals surface area contributed by atoms with Crippen molar-refractivity contribution in [3.8, 4) is 0 Å². The minimum absolute atomic E-state index is 0.693. The monoisotopic (exact) mass is 894 g/mol. The SMILES string of the molecule is BrP(N(Cc1ccccc1)Cc1ccccc1)(N(Cc1ccccc1)Cc1ccccc1)(N(Cc1ccccc1)Cc1ccccc1)N(Cc1ccccc1)Cc1ccccc1. The molecule has 0 heterocycles. The summed E-state index contributed by atoms with van der Waals surface area (Å²) in [5.74, 6) is -4.20. The van der Waals surface area contributed by atoms with Gasteiger partial charge in [-0.05, 0) is 0 Å². The van der Waals surface area contributed by atoms with Crippen LogP contribution < -0.4 is 0 Å². The zero-order valence-electron chi connectivity index (χ0n) is 35.4. The molecule has 0 fully saturated rings. The molecule has 8 rings (SSSR count). The van der Waals surface area contributed by atoms with Crippen LogP contribution in [0.3, 0.4) is 0 Å². The fourth-order valence-corrected chi connectivity index (χ4v) is 16.7. The topological polar surface area (TPSA) is 13.0 Å². The summed E-state index contributed by atoms with van der Waals surface area (Å²) in [6.45, 7) is 5.55. The normalized spacial score (nSPS) is 12.4. The van der Waals surface area contributed by atoms with Crippen molar-refractivity contribution in [2.24, 2.45) is 0 Å². The summed E-state index contributed by atoms with van der Waals surface area (Å²) in [6.07, 6.45) is 0. The van der Waals surface area contributed by atoms with Gasteiger partial charge in [-0.15, -0.1) is 0 Å². The average Bonchev–Trinajstić information content (AvgIpc) is 3.33. The van der Waals surface area contributed by atoms with E-state index in [1.165, 1.54) is 44.5 Å². The van der Waals surface area contributed by atoms with E-state index in [1.807, 2.05) is 0 Å². The second-order valence-electron chi connectivity index (χ2n) is 16.0. The molecule has 0 bridgehead atoms. The van der Waals surface area contributed by atoms with E-state index in [-0.39, 0.29) is 0 Å². The predicted molar refractivity (Wildman–Crippen MR) is 264 cm³/mol. The summed E-state index contributed by atoms with van der Waals surface area (Å²) in [6, 6.07) is 88.7. The number of nitrogens with zero attached hydrogens (tertiary/aromatic N) is 4. The molecule has 0 unspecified atom stereocenters. The van der Waals surface area contributed by atoms with E-state index in [4.69, 9.17) is 15.5 Å². The van der Waals surface area contributed by atoms with Crippen molar-refractivity contribution in [3.63, 3.8) is 0 Å². The van der Waals surface area contributed by atoms with Gasteiger partial charge in [-0.1, -0.05) is 0 Å². The van der Waals surface area contributed by atoms with Crippen LogP contribution in [0.25, 0.3) is 0 Å². The maximum absolute atomic E-state index is 5.25. The van der Waals surface area contributed by atoms with Gasteiger partial charge in [-0.2, -0.15) is 0 Å². The van der Waals surface area contributed by atoms with Gasteiger partial charge in [0.2, 0.25) is 0 Å². The van der Waals surface area contributed by atoms with Crippen LogP contribution >= 0.6 is 21.4 Å². The van der Waals surface area contributed by atoms with Gasteiger partial charge >= 0.3 is 380 Å². The Hall–Kier alpha value is -5.49. The molecule has 0 atom stereocenters. The van der Waals surface area contributed by atoms with E-state index < -0.39 is 5.91 Å². The molecule has 0 N–H and O–H groups in total. The van der Waals surface area contributed by atoms with Crippen LogP contribution in [0.2, 0.25) is 0 Å². The summed E-state index contributed by atoms with van der Waals surface area (Å²) in [5, 5.41) is 0. The molecule has 6 heteroatoms. The molecule has 8 aromatic carbocycles. The number of rotatable bonds is 20. The Balaban J connectivity index is 1.52. The first kappa shape index (κ1) is 43.2. The summed E-state index contributed by atoms with van der Waals surface area (Å²) in [4.78, 5) is 0. The third kappa shape index (κ3) is 10.4. The molecule has 62 heavy (non-hydrogen) atoms. The van der Waals surface area contributed by atoms with Crippen LogP contribution in [0.4, 0.5) is 0 Å². The first-order valence-corrected chi connectivity index (χ1v) is 25.7. The molecule has 0 spiro atoms. The summed E-state index contributed by atoms with van der Waals surface area (Å²) >= 11 is 5.25. The molecule has 8 aromatic rings. The van der Waals surface area contributed by atoms with E-state index in [2.05, 4.69) is 261 Å². The second kappa shape index (κ2) is 21.1. The molecule has 312 valence electrons. The predicted octanol–water partition coefficient (Wildman–Crippen LogP) is 14.3. The molecule has 0 saturated carbocycles. The molecule has 0 radical (unpaired) electrons. The zero-order valence-corrected chi connectivity index (χ0v) is 37.8. The maximum atomic E-state index is 5.25.